The first kappa shape index (κ1) is 14.1. The SMILES string of the molecule is O=C(O)C1(c2ccc(Cl)cc2)CC1OCc1ccccc1. The van der Waals surface area contributed by atoms with Gasteiger partial charge in [-0.2, -0.15) is 0 Å². The summed E-state index contributed by atoms with van der Waals surface area (Å²) >= 11 is 5.86. The monoisotopic (exact) mass is 302 g/mol. The van der Waals surface area contributed by atoms with E-state index in [0.29, 0.717) is 18.1 Å². The second-order valence-corrected chi connectivity index (χ2v) is 5.71. The molecule has 0 aromatic heterocycles. The highest BCUT2D eigenvalue weighted by Crippen LogP contribution is 2.51. The summed E-state index contributed by atoms with van der Waals surface area (Å²) in [6.45, 7) is 0.425. The molecule has 1 N–H and O–H groups in total. The van der Waals surface area contributed by atoms with Crippen molar-refractivity contribution in [1.82, 2.24) is 0 Å². The Balaban J connectivity index is 1.74. The normalized spacial score (nSPS) is 23.8. The van der Waals surface area contributed by atoms with Crippen LogP contribution in [-0.4, -0.2) is 17.2 Å². The fourth-order valence-electron chi connectivity index (χ4n) is 2.61. The van der Waals surface area contributed by atoms with Crippen molar-refractivity contribution >= 4 is 17.6 Å². The summed E-state index contributed by atoms with van der Waals surface area (Å²) in [5.74, 6) is -0.845. The molecule has 2 atom stereocenters. The number of carboxylic acid groups (broad SMARTS) is 1. The van der Waals surface area contributed by atoms with Crippen LogP contribution in [0.3, 0.4) is 0 Å². The minimum atomic E-state index is -0.931. The number of benzene rings is 2. The van der Waals surface area contributed by atoms with Crippen molar-refractivity contribution in [3.05, 3.63) is 70.7 Å². The molecular formula is C17H15ClO3. The van der Waals surface area contributed by atoms with Crippen LogP contribution in [0.15, 0.2) is 54.6 Å². The van der Waals surface area contributed by atoms with E-state index < -0.39 is 11.4 Å². The van der Waals surface area contributed by atoms with Crippen LogP contribution < -0.4 is 0 Å². The summed E-state index contributed by atoms with van der Waals surface area (Å²) in [6.07, 6.45) is 0.202. The number of hydrogen-bond donors (Lipinski definition) is 1. The maximum Gasteiger partial charge on any atom is 0.316 e. The Morgan fingerprint density at radius 3 is 2.48 bits per heavy atom. The largest absolute Gasteiger partial charge is 0.481 e. The molecule has 108 valence electrons. The third-order valence-corrected chi connectivity index (χ3v) is 4.18. The van der Waals surface area contributed by atoms with Gasteiger partial charge in [-0.15, -0.1) is 0 Å². The van der Waals surface area contributed by atoms with Crippen molar-refractivity contribution in [2.24, 2.45) is 0 Å². The Kier molecular flexibility index (Phi) is 3.70. The summed E-state index contributed by atoms with van der Waals surface area (Å²) in [6, 6.07) is 16.7. The average molecular weight is 303 g/mol. The van der Waals surface area contributed by atoms with E-state index in [1.165, 1.54) is 0 Å². The van der Waals surface area contributed by atoms with Gasteiger partial charge in [-0.05, 0) is 29.7 Å². The molecule has 0 heterocycles. The number of carbonyl (C=O) groups is 1. The molecule has 2 aromatic rings. The molecule has 3 nitrogen and oxygen atoms in total. The molecule has 0 amide bonds. The molecule has 0 bridgehead atoms. The van der Waals surface area contributed by atoms with E-state index in [1.807, 2.05) is 30.3 Å². The Bertz CT molecular complexity index is 639. The second-order valence-electron chi connectivity index (χ2n) is 5.27. The molecule has 1 aliphatic carbocycles. The Morgan fingerprint density at radius 1 is 1.19 bits per heavy atom. The lowest BCUT2D eigenvalue weighted by molar-refractivity contribution is -0.141. The maximum atomic E-state index is 11.7. The number of halogens is 1. The highest BCUT2D eigenvalue weighted by Gasteiger charge is 2.63. The number of carboxylic acids is 1. The predicted octanol–water partition coefficient (Wildman–Crippen LogP) is 3.65. The van der Waals surface area contributed by atoms with E-state index in [9.17, 15) is 9.90 Å². The van der Waals surface area contributed by atoms with E-state index in [-0.39, 0.29) is 6.10 Å². The van der Waals surface area contributed by atoms with E-state index in [2.05, 4.69) is 0 Å². The molecule has 0 radical (unpaired) electrons. The second kappa shape index (κ2) is 5.51. The topological polar surface area (TPSA) is 46.5 Å². The van der Waals surface area contributed by atoms with Gasteiger partial charge in [0.1, 0.15) is 5.41 Å². The van der Waals surface area contributed by atoms with Crippen molar-refractivity contribution < 1.29 is 14.6 Å². The maximum absolute atomic E-state index is 11.7. The van der Waals surface area contributed by atoms with E-state index in [0.717, 1.165) is 11.1 Å². The standard InChI is InChI=1S/C17H15ClO3/c18-14-8-6-13(7-9-14)17(16(19)20)10-15(17)21-11-12-4-2-1-3-5-12/h1-9,15H,10-11H2,(H,19,20). The highest BCUT2D eigenvalue weighted by molar-refractivity contribution is 6.30. The summed E-state index contributed by atoms with van der Waals surface area (Å²) < 4.78 is 5.79. The molecule has 0 saturated heterocycles. The third-order valence-electron chi connectivity index (χ3n) is 3.93. The van der Waals surface area contributed by atoms with Gasteiger partial charge in [-0.25, -0.2) is 0 Å². The minimum Gasteiger partial charge on any atom is -0.481 e. The van der Waals surface area contributed by atoms with Crippen LogP contribution in [-0.2, 0) is 21.6 Å². The summed E-state index contributed by atoms with van der Waals surface area (Å²) in [7, 11) is 0. The molecule has 2 aromatic carbocycles. The molecule has 2 unspecified atom stereocenters. The molecule has 1 fully saturated rings. The van der Waals surface area contributed by atoms with Gasteiger partial charge in [0.05, 0.1) is 12.7 Å². The fourth-order valence-corrected chi connectivity index (χ4v) is 2.73. The zero-order chi connectivity index (χ0) is 14.9. The predicted molar refractivity (Wildman–Crippen MR) is 80.4 cm³/mol. The average Bonchev–Trinajstić information content (AvgIpc) is 3.23. The third kappa shape index (κ3) is 2.67. The summed E-state index contributed by atoms with van der Waals surface area (Å²) in [5, 5.41) is 10.2. The molecule has 1 aliphatic rings. The lowest BCUT2D eigenvalue weighted by Gasteiger charge is -2.13. The Labute approximate surface area is 128 Å². The first-order valence-corrected chi connectivity index (χ1v) is 7.16. The molecule has 1 saturated carbocycles. The van der Waals surface area contributed by atoms with Crippen LogP contribution >= 0.6 is 11.6 Å². The van der Waals surface area contributed by atoms with Gasteiger partial charge in [0.2, 0.25) is 0 Å². The van der Waals surface area contributed by atoms with Crippen molar-refractivity contribution in [2.45, 2.75) is 24.5 Å². The van der Waals surface area contributed by atoms with Crippen LogP contribution in [0.4, 0.5) is 0 Å². The summed E-state index contributed by atoms with van der Waals surface area (Å²) in [4.78, 5) is 11.7. The van der Waals surface area contributed by atoms with Crippen LogP contribution in [0, 0.1) is 0 Å². The molecule has 3 rings (SSSR count). The van der Waals surface area contributed by atoms with E-state index in [4.69, 9.17) is 16.3 Å². The van der Waals surface area contributed by atoms with Crippen LogP contribution in [0.25, 0.3) is 0 Å². The van der Waals surface area contributed by atoms with Gasteiger partial charge in [-0.1, -0.05) is 54.1 Å². The minimum absolute atomic E-state index is 0.295. The molecule has 21 heavy (non-hydrogen) atoms. The van der Waals surface area contributed by atoms with Crippen LogP contribution in [0.5, 0.6) is 0 Å². The van der Waals surface area contributed by atoms with Gasteiger partial charge < -0.3 is 9.84 Å². The first-order valence-electron chi connectivity index (χ1n) is 6.78. The van der Waals surface area contributed by atoms with Crippen molar-refractivity contribution in [3.63, 3.8) is 0 Å². The lowest BCUT2D eigenvalue weighted by Crippen LogP contribution is -2.25. The van der Waals surface area contributed by atoms with Crippen molar-refractivity contribution in [2.75, 3.05) is 0 Å². The lowest BCUT2D eigenvalue weighted by atomic mass is 9.96. The molecular weight excluding hydrogens is 288 g/mol. The highest BCUT2D eigenvalue weighted by atomic mass is 35.5. The van der Waals surface area contributed by atoms with Gasteiger partial charge in [0.15, 0.2) is 0 Å². The molecule has 0 aliphatic heterocycles. The Hall–Kier alpha value is -1.84. The van der Waals surface area contributed by atoms with Crippen LogP contribution in [0.1, 0.15) is 17.5 Å². The zero-order valence-corrected chi connectivity index (χ0v) is 12.1. The van der Waals surface area contributed by atoms with E-state index >= 15 is 0 Å². The van der Waals surface area contributed by atoms with Crippen molar-refractivity contribution in [3.8, 4) is 0 Å². The first-order chi connectivity index (χ1) is 10.1. The van der Waals surface area contributed by atoms with E-state index in [1.54, 1.807) is 24.3 Å². The quantitative estimate of drug-likeness (QED) is 0.917. The smallest absolute Gasteiger partial charge is 0.316 e. The Morgan fingerprint density at radius 2 is 1.86 bits per heavy atom. The van der Waals surface area contributed by atoms with Gasteiger partial charge >= 0.3 is 5.97 Å². The molecule has 4 heteroatoms. The zero-order valence-electron chi connectivity index (χ0n) is 11.3. The fraction of sp³-hybridized carbons (Fsp3) is 0.235. The van der Waals surface area contributed by atoms with Crippen molar-refractivity contribution in [1.29, 1.82) is 0 Å². The number of rotatable bonds is 5. The summed E-state index contributed by atoms with van der Waals surface area (Å²) in [5.41, 5.74) is 0.858. The van der Waals surface area contributed by atoms with Gasteiger partial charge in [0, 0.05) is 5.02 Å². The van der Waals surface area contributed by atoms with Crippen LogP contribution in [0.2, 0.25) is 5.02 Å². The number of aliphatic carboxylic acids is 1. The van der Waals surface area contributed by atoms with Gasteiger partial charge in [0.25, 0.3) is 0 Å². The van der Waals surface area contributed by atoms with Gasteiger partial charge in [-0.3, -0.25) is 4.79 Å². The molecule has 0 spiro atoms. The number of ether oxygens (including phenoxy) is 1. The number of hydrogen-bond acceptors (Lipinski definition) is 2.